The monoisotopic (exact) mass is 73.0 g/mol. The fraction of sp³-hybridized carbons (Fsp3) is 0. The zero-order valence-corrected chi connectivity index (χ0v) is 2.60. The van der Waals surface area contributed by atoms with Crippen LogP contribution in [0.25, 0.3) is 0 Å². The van der Waals surface area contributed by atoms with Crippen molar-refractivity contribution in [1.29, 1.82) is 5.41 Å². The van der Waals surface area contributed by atoms with E-state index in [-0.39, 0.29) is 5.84 Å². The molecule has 0 atom stereocenters. The highest BCUT2D eigenvalue weighted by Crippen LogP contribution is 1.55. The van der Waals surface area contributed by atoms with E-state index in [1.165, 1.54) is 0 Å². The number of aliphatic hydroxyl groups is 1. The molecule has 4 N–H and O–H groups in total. The summed E-state index contributed by atoms with van der Waals surface area (Å²) in [5.74, 6) is -0.315. The van der Waals surface area contributed by atoms with E-state index in [0.29, 0.717) is 6.61 Å². The number of nitrogens with two attached hydrogens (primary N) is 1. The molecule has 3 heteroatoms. The van der Waals surface area contributed by atoms with Crippen LogP contribution in [-0.4, -0.2) is 10.9 Å². The van der Waals surface area contributed by atoms with E-state index < -0.39 is 0 Å². The van der Waals surface area contributed by atoms with Gasteiger partial charge in [0.25, 0.3) is 0 Å². The van der Waals surface area contributed by atoms with Crippen molar-refractivity contribution < 1.29 is 5.11 Å². The van der Waals surface area contributed by atoms with E-state index >= 15 is 0 Å². The number of nitrogens with one attached hydrogen (secondary N) is 1. The van der Waals surface area contributed by atoms with Crippen molar-refractivity contribution in [3.63, 3.8) is 0 Å². The van der Waals surface area contributed by atoms with Crippen molar-refractivity contribution >= 4 is 5.84 Å². The van der Waals surface area contributed by atoms with Gasteiger partial charge in [0, 0.05) is 0 Å². The van der Waals surface area contributed by atoms with E-state index in [1.54, 1.807) is 0 Å². The minimum absolute atomic E-state index is 0.315. The molecule has 0 unspecified atom stereocenters. The van der Waals surface area contributed by atoms with Gasteiger partial charge in [-0.05, 0) is 0 Å². The van der Waals surface area contributed by atoms with Gasteiger partial charge in [0.1, 0.15) is 12.4 Å². The van der Waals surface area contributed by atoms with Gasteiger partial charge in [0.05, 0.1) is 0 Å². The van der Waals surface area contributed by atoms with E-state index in [4.69, 9.17) is 10.5 Å². The van der Waals surface area contributed by atoms with E-state index in [2.05, 4.69) is 5.73 Å². The molecule has 0 saturated heterocycles. The zero-order chi connectivity index (χ0) is 4.28. The number of aliphatic hydroxyl groups excluding tert-OH is 1. The van der Waals surface area contributed by atoms with E-state index in [0.717, 1.165) is 0 Å². The minimum Gasteiger partial charge on any atom is -0.385 e. The molecule has 0 spiro atoms. The van der Waals surface area contributed by atoms with Crippen molar-refractivity contribution in [1.82, 2.24) is 0 Å². The molecule has 1 radical (unpaired) electrons. The summed E-state index contributed by atoms with van der Waals surface area (Å²) in [4.78, 5) is 0. The van der Waals surface area contributed by atoms with Crippen molar-refractivity contribution in [2.45, 2.75) is 0 Å². The molecule has 0 aromatic rings. The highest BCUT2D eigenvalue weighted by Gasteiger charge is 1.74. The summed E-state index contributed by atoms with van der Waals surface area (Å²) in [7, 11) is 0. The fourth-order valence-electron chi connectivity index (χ4n) is 0. The number of hydrogen-bond acceptors (Lipinski definition) is 2. The number of rotatable bonds is 1. The average molecular weight is 73.1 g/mol. The molecule has 0 heterocycles. The zero-order valence-electron chi connectivity index (χ0n) is 2.60. The maximum atomic E-state index is 7.67. The highest BCUT2D eigenvalue weighted by molar-refractivity contribution is 5.83. The predicted octanol–water partition coefficient (Wildman–Crippen LogP) is -0.543. The topological polar surface area (TPSA) is 70.1 Å². The standard InChI is InChI=1S/C2H5N2O/c3-2(4)1-5/h1,5H,(H3,3,4). The van der Waals surface area contributed by atoms with Gasteiger partial charge in [-0.1, -0.05) is 0 Å². The normalized spacial score (nSPS) is 7.40. The van der Waals surface area contributed by atoms with E-state index in [1.807, 2.05) is 0 Å². The van der Waals surface area contributed by atoms with Crippen LogP contribution in [0.15, 0.2) is 0 Å². The van der Waals surface area contributed by atoms with Gasteiger partial charge in [-0.15, -0.1) is 0 Å². The average Bonchev–Trinajstić information content (AvgIpc) is 1.38. The summed E-state index contributed by atoms with van der Waals surface area (Å²) in [6.07, 6.45) is 0. The second-order valence-electron chi connectivity index (χ2n) is 0.584. The van der Waals surface area contributed by atoms with Gasteiger partial charge in [0.15, 0.2) is 0 Å². The first-order valence-electron chi connectivity index (χ1n) is 1.09. The summed E-state index contributed by atoms with van der Waals surface area (Å²) in [5, 5.41) is 13.9. The molecular weight excluding hydrogens is 68.0 g/mol. The van der Waals surface area contributed by atoms with Crippen LogP contribution in [0.1, 0.15) is 0 Å². The van der Waals surface area contributed by atoms with Crippen LogP contribution in [0.4, 0.5) is 0 Å². The van der Waals surface area contributed by atoms with Crippen LogP contribution in [0.5, 0.6) is 0 Å². The summed E-state index contributed by atoms with van der Waals surface area (Å²) in [6.45, 7) is 0.528. The molecule has 5 heavy (non-hydrogen) atoms. The Labute approximate surface area is 29.9 Å². The van der Waals surface area contributed by atoms with Gasteiger partial charge >= 0.3 is 0 Å². The first-order chi connectivity index (χ1) is 2.27. The molecular formula is C2H5N2O. The van der Waals surface area contributed by atoms with Crippen molar-refractivity contribution in [3.05, 3.63) is 6.61 Å². The second kappa shape index (κ2) is 1.72. The molecule has 0 aliphatic heterocycles. The molecule has 0 aromatic heterocycles. The lowest BCUT2D eigenvalue weighted by Gasteiger charge is -1.77. The highest BCUT2D eigenvalue weighted by atomic mass is 16.3. The number of amidine groups is 1. The Balaban J connectivity index is 2.85. The van der Waals surface area contributed by atoms with Crippen molar-refractivity contribution in [2.75, 3.05) is 0 Å². The predicted molar refractivity (Wildman–Crippen MR) is 18.1 cm³/mol. The van der Waals surface area contributed by atoms with Gasteiger partial charge in [0.2, 0.25) is 0 Å². The molecule has 3 nitrogen and oxygen atoms in total. The van der Waals surface area contributed by atoms with E-state index in [9.17, 15) is 0 Å². The third-order valence-corrected chi connectivity index (χ3v) is 0.139. The Morgan fingerprint density at radius 3 is 2.20 bits per heavy atom. The molecule has 0 rings (SSSR count). The minimum atomic E-state index is -0.315. The van der Waals surface area contributed by atoms with Gasteiger partial charge in [-0.3, -0.25) is 5.41 Å². The lowest BCUT2D eigenvalue weighted by Crippen LogP contribution is -2.08. The molecule has 0 amide bonds. The third kappa shape index (κ3) is 3.43. The van der Waals surface area contributed by atoms with Gasteiger partial charge in [-0.2, -0.15) is 0 Å². The summed E-state index contributed by atoms with van der Waals surface area (Å²) < 4.78 is 0. The van der Waals surface area contributed by atoms with Crippen LogP contribution in [0.3, 0.4) is 0 Å². The molecule has 29 valence electrons. The van der Waals surface area contributed by atoms with Crippen LogP contribution < -0.4 is 5.73 Å². The van der Waals surface area contributed by atoms with Gasteiger partial charge in [-0.25, -0.2) is 0 Å². The third-order valence-electron chi connectivity index (χ3n) is 0.139. The molecule has 0 fully saturated rings. The first kappa shape index (κ1) is 4.43. The van der Waals surface area contributed by atoms with Crippen molar-refractivity contribution in [3.8, 4) is 0 Å². The lowest BCUT2D eigenvalue weighted by atomic mass is 10.7. The largest absolute Gasteiger partial charge is 0.385 e. The van der Waals surface area contributed by atoms with Gasteiger partial charge < -0.3 is 10.8 Å². The maximum absolute atomic E-state index is 7.67. The molecule has 0 saturated carbocycles. The summed E-state index contributed by atoms with van der Waals surface area (Å²) >= 11 is 0. The van der Waals surface area contributed by atoms with Crippen molar-refractivity contribution in [2.24, 2.45) is 5.73 Å². The SMILES string of the molecule is N=C(N)[CH]O. The Morgan fingerprint density at radius 2 is 2.20 bits per heavy atom. The molecule has 0 bridgehead atoms. The Kier molecular flexibility index (Phi) is 1.53. The maximum Gasteiger partial charge on any atom is 0.143 e. The van der Waals surface area contributed by atoms with Crippen LogP contribution in [0, 0.1) is 12.0 Å². The first-order valence-corrected chi connectivity index (χ1v) is 1.09. The summed E-state index contributed by atoms with van der Waals surface area (Å²) in [6, 6.07) is 0. The molecule has 0 aliphatic rings. The number of hydrogen-bond donors (Lipinski definition) is 3. The fourth-order valence-corrected chi connectivity index (χ4v) is 0. The second-order valence-corrected chi connectivity index (χ2v) is 0.584. The molecule has 0 aliphatic carbocycles. The lowest BCUT2D eigenvalue weighted by molar-refractivity contribution is 0.430. The van der Waals surface area contributed by atoms with Crippen LogP contribution in [0.2, 0.25) is 0 Å². The molecule has 0 aromatic carbocycles. The Hall–Kier alpha value is -0.570. The Morgan fingerprint density at radius 1 is 2.00 bits per heavy atom. The van der Waals surface area contributed by atoms with Crippen LogP contribution >= 0.6 is 0 Å². The quantitative estimate of drug-likeness (QED) is 0.288. The Bertz CT molecular complexity index is 42.9. The summed E-state index contributed by atoms with van der Waals surface area (Å²) in [5.41, 5.74) is 4.57. The smallest absolute Gasteiger partial charge is 0.143 e. The van der Waals surface area contributed by atoms with Crippen LogP contribution in [-0.2, 0) is 0 Å².